The molecular weight excluding hydrogens is 218 g/mol. The lowest BCUT2D eigenvalue weighted by Crippen LogP contribution is -2.39. The van der Waals surface area contributed by atoms with Crippen LogP contribution in [0.3, 0.4) is 0 Å². The van der Waals surface area contributed by atoms with E-state index >= 15 is 0 Å². The number of carbonyl (C=O) groups is 2. The Morgan fingerprint density at radius 1 is 1.24 bits per heavy atom. The summed E-state index contributed by atoms with van der Waals surface area (Å²) in [4.78, 5) is 25.0. The highest BCUT2D eigenvalue weighted by Crippen LogP contribution is 2.19. The van der Waals surface area contributed by atoms with Gasteiger partial charge in [0.1, 0.15) is 5.60 Å². The third-order valence-corrected chi connectivity index (χ3v) is 2.40. The summed E-state index contributed by atoms with van der Waals surface area (Å²) in [5.41, 5.74) is 0.835. The van der Waals surface area contributed by atoms with E-state index in [1.54, 1.807) is 32.9 Å². The molecule has 1 aromatic rings. The number of ether oxygens (including phenoxy) is 1. The number of rotatable bonds is 0. The van der Waals surface area contributed by atoms with Crippen LogP contribution in [-0.4, -0.2) is 22.5 Å². The molecule has 0 spiro atoms. The first kappa shape index (κ1) is 11.6. The molecule has 0 N–H and O–H groups in total. The second-order valence-corrected chi connectivity index (χ2v) is 5.07. The summed E-state index contributed by atoms with van der Waals surface area (Å²) in [7, 11) is 0. The third-order valence-electron chi connectivity index (χ3n) is 2.40. The predicted octanol–water partition coefficient (Wildman–Crippen LogP) is 2.58. The first-order valence-corrected chi connectivity index (χ1v) is 5.50. The molecule has 17 heavy (non-hydrogen) atoms. The first-order chi connectivity index (χ1) is 7.87. The largest absolute Gasteiger partial charge is 0.443 e. The van der Waals surface area contributed by atoms with Crippen LogP contribution < -0.4 is 0 Å². The number of carbonyl (C=O) groups excluding carboxylic acids is 2. The minimum absolute atomic E-state index is 0.268. The Hall–Kier alpha value is -1.84. The number of nitrogens with zero attached hydrogens (tertiary/aromatic N) is 1. The van der Waals surface area contributed by atoms with Crippen molar-refractivity contribution in [3.8, 4) is 0 Å². The Morgan fingerprint density at radius 2 is 1.82 bits per heavy atom. The molecular formula is C13H15NO3. The van der Waals surface area contributed by atoms with Gasteiger partial charge in [-0.25, -0.2) is 9.69 Å². The van der Waals surface area contributed by atoms with Crippen molar-refractivity contribution >= 4 is 12.0 Å². The van der Waals surface area contributed by atoms with E-state index in [0.717, 1.165) is 10.5 Å². The maximum atomic E-state index is 12.0. The van der Waals surface area contributed by atoms with Crippen LogP contribution >= 0.6 is 0 Å². The van der Waals surface area contributed by atoms with Crippen LogP contribution in [0.25, 0.3) is 0 Å². The summed E-state index contributed by atoms with van der Waals surface area (Å²) in [5, 5.41) is 0. The summed E-state index contributed by atoms with van der Waals surface area (Å²) in [5.74, 6) is -0.306. The Morgan fingerprint density at radius 3 is 2.35 bits per heavy atom. The summed E-state index contributed by atoms with van der Waals surface area (Å²) in [6.45, 7) is 5.60. The SMILES string of the molecule is CC(C)(C)OC(=O)N1Cc2ccc(cc2)C1=O. The van der Waals surface area contributed by atoms with Gasteiger partial charge in [-0.05, 0) is 38.5 Å². The Bertz CT molecular complexity index is 457. The van der Waals surface area contributed by atoms with Crippen LogP contribution in [-0.2, 0) is 11.3 Å². The molecule has 0 fully saturated rings. The minimum Gasteiger partial charge on any atom is -0.443 e. The molecule has 0 unspecified atom stereocenters. The van der Waals surface area contributed by atoms with Crippen LogP contribution in [0, 0.1) is 0 Å². The topological polar surface area (TPSA) is 46.6 Å². The quantitative estimate of drug-likeness (QED) is 0.692. The lowest BCUT2D eigenvalue weighted by molar-refractivity contribution is 0.0230. The van der Waals surface area contributed by atoms with Crippen LogP contribution in [0.2, 0.25) is 0 Å². The molecule has 2 bridgehead atoms. The van der Waals surface area contributed by atoms with Gasteiger partial charge in [-0.15, -0.1) is 0 Å². The normalized spacial score (nSPS) is 14.8. The Balaban J connectivity index is 2.22. The molecule has 3 rings (SSSR count). The number of fused-ring (bicyclic) bond motifs is 4. The Kier molecular flexibility index (Phi) is 2.65. The zero-order chi connectivity index (χ0) is 12.6. The van der Waals surface area contributed by atoms with E-state index in [-0.39, 0.29) is 12.5 Å². The number of hydrogen-bond acceptors (Lipinski definition) is 3. The maximum absolute atomic E-state index is 12.0. The van der Waals surface area contributed by atoms with E-state index in [1.165, 1.54) is 0 Å². The Labute approximate surface area is 100 Å². The molecule has 4 heteroatoms. The van der Waals surface area contributed by atoms with Crippen LogP contribution in [0.5, 0.6) is 0 Å². The number of benzene rings is 1. The average molecular weight is 233 g/mol. The lowest BCUT2D eigenvalue weighted by Gasteiger charge is -2.25. The minimum atomic E-state index is -0.598. The molecule has 2 amide bonds. The maximum Gasteiger partial charge on any atom is 0.417 e. The van der Waals surface area contributed by atoms with Gasteiger partial charge in [0, 0.05) is 5.56 Å². The fourth-order valence-electron chi connectivity index (χ4n) is 1.63. The van der Waals surface area contributed by atoms with Crippen molar-refractivity contribution < 1.29 is 14.3 Å². The van der Waals surface area contributed by atoms with E-state index in [4.69, 9.17) is 4.74 Å². The summed E-state index contributed by atoms with van der Waals surface area (Å²) in [6.07, 6.45) is -0.593. The number of amides is 2. The zero-order valence-corrected chi connectivity index (χ0v) is 10.2. The highest BCUT2D eigenvalue weighted by Gasteiger charge is 2.29. The number of hydrogen-bond donors (Lipinski definition) is 0. The molecule has 0 saturated heterocycles. The molecule has 2 aliphatic rings. The van der Waals surface area contributed by atoms with E-state index in [2.05, 4.69) is 0 Å². The molecule has 0 radical (unpaired) electrons. The van der Waals surface area contributed by atoms with E-state index < -0.39 is 11.7 Å². The molecule has 1 aromatic carbocycles. The third kappa shape index (κ3) is 2.46. The smallest absolute Gasteiger partial charge is 0.417 e. The lowest BCUT2D eigenvalue weighted by atomic mass is 10.2. The fraction of sp³-hybridized carbons (Fsp3) is 0.385. The van der Waals surface area contributed by atoms with Gasteiger partial charge in [-0.2, -0.15) is 0 Å². The molecule has 0 aromatic heterocycles. The highest BCUT2D eigenvalue weighted by atomic mass is 16.6. The van der Waals surface area contributed by atoms with Gasteiger partial charge < -0.3 is 4.74 Å². The zero-order valence-electron chi connectivity index (χ0n) is 10.2. The van der Waals surface area contributed by atoms with Gasteiger partial charge in [-0.1, -0.05) is 12.1 Å². The molecule has 90 valence electrons. The summed E-state index contributed by atoms with van der Waals surface area (Å²) >= 11 is 0. The van der Waals surface area contributed by atoms with Gasteiger partial charge in [0.05, 0.1) is 6.54 Å². The second-order valence-electron chi connectivity index (χ2n) is 5.07. The van der Waals surface area contributed by atoms with Crippen molar-refractivity contribution in [2.24, 2.45) is 0 Å². The van der Waals surface area contributed by atoms with Crippen molar-refractivity contribution in [1.29, 1.82) is 0 Å². The van der Waals surface area contributed by atoms with Crippen molar-refractivity contribution in [3.05, 3.63) is 35.4 Å². The first-order valence-electron chi connectivity index (χ1n) is 5.50. The van der Waals surface area contributed by atoms with Crippen LogP contribution in [0.15, 0.2) is 24.3 Å². The predicted molar refractivity (Wildman–Crippen MR) is 62.5 cm³/mol. The van der Waals surface area contributed by atoms with Crippen LogP contribution in [0.1, 0.15) is 36.7 Å². The van der Waals surface area contributed by atoms with Crippen molar-refractivity contribution in [2.45, 2.75) is 32.9 Å². The second kappa shape index (κ2) is 3.87. The molecule has 4 nitrogen and oxygen atoms in total. The fourth-order valence-corrected chi connectivity index (χ4v) is 1.63. The van der Waals surface area contributed by atoms with Gasteiger partial charge >= 0.3 is 6.09 Å². The summed E-state index contributed by atoms with van der Waals surface area (Å²) < 4.78 is 5.21. The van der Waals surface area contributed by atoms with Crippen molar-refractivity contribution in [2.75, 3.05) is 0 Å². The molecule has 2 aliphatic heterocycles. The van der Waals surface area contributed by atoms with E-state index in [0.29, 0.717) is 5.56 Å². The van der Waals surface area contributed by atoms with E-state index in [1.807, 2.05) is 12.1 Å². The van der Waals surface area contributed by atoms with Crippen LogP contribution in [0.4, 0.5) is 4.79 Å². The van der Waals surface area contributed by atoms with E-state index in [9.17, 15) is 9.59 Å². The molecule has 0 atom stereocenters. The number of imide groups is 1. The van der Waals surface area contributed by atoms with Gasteiger partial charge in [-0.3, -0.25) is 4.79 Å². The summed E-state index contributed by atoms with van der Waals surface area (Å²) in [6, 6.07) is 7.14. The van der Waals surface area contributed by atoms with Crippen molar-refractivity contribution in [1.82, 2.24) is 4.90 Å². The van der Waals surface area contributed by atoms with Crippen molar-refractivity contribution in [3.63, 3.8) is 0 Å². The highest BCUT2D eigenvalue weighted by molar-refractivity contribution is 6.03. The average Bonchev–Trinajstić information content (AvgIpc) is 2.46. The standard InChI is InChI=1S/C13H15NO3/c1-13(2,3)17-12(16)14-8-9-4-6-10(7-5-9)11(14)15/h4-7H,8H2,1-3H3. The van der Waals surface area contributed by atoms with Gasteiger partial charge in [0.25, 0.3) is 5.91 Å². The molecule has 2 heterocycles. The van der Waals surface area contributed by atoms with Gasteiger partial charge in [0.2, 0.25) is 0 Å². The molecule has 0 saturated carbocycles. The monoisotopic (exact) mass is 233 g/mol. The molecule has 0 aliphatic carbocycles. The van der Waals surface area contributed by atoms with Gasteiger partial charge in [0.15, 0.2) is 0 Å².